The Morgan fingerprint density at radius 2 is 1.71 bits per heavy atom. The molecule has 0 radical (unpaired) electrons. The molecule has 0 saturated carbocycles. The topological polar surface area (TPSA) is 118 Å². The molecule has 1 aromatic heterocycles. The fourth-order valence-corrected chi connectivity index (χ4v) is 4.91. The molecular weight excluding hydrogens is 466 g/mol. The number of alkyl carbamates (subject to hydrolysis) is 1. The number of carbonyl (C=O) groups is 3. The third-order valence-electron chi connectivity index (χ3n) is 6.28. The molecule has 1 aliphatic rings. The second kappa shape index (κ2) is 10.7. The Morgan fingerprint density at radius 3 is 2.31 bits per heavy atom. The smallest absolute Gasteiger partial charge is 0.407 e. The molecule has 2 atom stereocenters. The molecule has 2 unspecified atom stereocenters. The van der Waals surface area contributed by atoms with Gasteiger partial charge in [-0.3, -0.25) is 4.79 Å². The zero-order valence-corrected chi connectivity index (χ0v) is 20.3. The molecule has 3 N–H and O–H groups in total. The van der Waals surface area contributed by atoms with E-state index >= 15 is 0 Å². The van der Waals surface area contributed by atoms with Crippen molar-refractivity contribution in [3.63, 3.8) is 0 Å². The number of nitrogens with zero attached hydrogens (tertiary/aromatic N) is 1. The van der Waals surface area contributed by atoms with Gasteiger partial charge in [-0.25, -0.2) is 14.6 Å². The van der Waals surface area contributed by atoms with E-state index in [0.29, 0.717) is 11.4 Å². The molecule has 8 nitrogen and oxygen atoms in total. The van der Waals surface area contributed by atoms with Crippen LogP contribution in [0.4, 0.5) is 4.79 Å². The molecule has 0 bridgehead atoms. The largest absolute Gasteiger partial charge is 0.480 e. The Bertz CT molecular complexity index is 1200. The second-order valence-electron chi connectivity index (χ2n) is 8.48. The number of fused-ring (bicyclic) bond motifs is 3. The van der Waals surface area contributed by atoms with Crippen molar-refractivity contribution in [2.45, 2.75) is 38.8 Å². The van der Waals surface area contributed by atoms with Crippen molar-refractivity contribution in [3.05, 3.63) is 75.7 Å². The minimum atomic E-state index is -1.08. The molecule has 35 heavy (non-hydrogen) atoms. The lowest BCUT2D eigenvalue weighted by molar-refractivity contribution is -0.140. The van der Waals surface area contributed by atoms with Crippen molar-refractivity contribution in [1.29, 1.82) is 0 Å². The first-order valence-corrected chi connectivity index (χ1v) is 12.3. The number of nitrogens with one attached hydrogen (secondary N) is 2. The van der Waals surface area contributed by atoms with Gasteiger partial charge in [0.05, 0.1) is 6.54 Å². The van der Waals surface area contributed by atoms with Crippen molar-refractivity contribution in [1.82, 2.24) is 15.6 Å². The van der Waals surface area contributed by atoms with E-state index in [1.54, 1.807) is 12.3 Å². The van der Waals surface area contributed by atoms with Crippen LogP contribution in [0.25, 0.3) is 11.1 Å². The van der Waals surface area contributed by atoms with Crippen LogP contribution in [0.15, 0.2) is 53.9 Å². The first kappa shape index (κ1) is 24.4. The average molecular weight is 494 g/mol. The second-order valence-corrected chi connectivity index (χ2v) is 9.42. The summed E-state index contributed by atoms with van der Waals surface area (Å²) in [7, 11) is 0. The molecule has 0 fully saturated rings. The quantitative estimate of drug-likeness (QED) is 0.406. The van der Waals surface area contributed by atoms with Crippen LogP contribution in [0.5, 0.6) is 0 Å². The summed E-state index contributed by atoms with van der Waals surface area (Å²) >= 11 is 1.20. The number of aliphatic carboxylic acids is 1. The van der Waals surface area contributed by atoms with E-state index < -0.39 is 24.0 Å². The molecule has 3 aromatic rings. The van der Waals surface area contributed by atoms with Crippen LogP contribution in [-0.4, -0.2) is 40.7 Å². The van der Waals surface area contributed by atoms with Gasteiger partial charge in [-0.1, -0.05) is 68.8 Å². The number of thiazole rings is 1. The van der Waals surface area contributed by atoms with Crippen LogP contribution in [0.3, 0.4) is 0 Å². The SMILES string of the molecule is CCC(C)C(NC(=O)c1csc(CNC(=O)OCC2c3ccccc3-c3ccccc32)n1)C(=O)O. The highest BCUT2D eigenvalue weighted by Crippen LogP contribution is 2.44. The van der Waals surface area contributed by atoms with Gasteiger partial charge in [0.1, 0.15) is 23.4 Å². The lowest BCUT2D eigenvalue weighted by Crippen LogP contribution is -2.45. The number of hydrogen-bond acceptors (Lipinski definition) is 6. The van der Waals surface area contributed by atoms with Crippen LogP contribution >= 0.6 is 11.3 Å². The summed E-state index contributed by atoms with van der Waals surface area (Å²) in [6, 6.07) is 15.2. The van der Waals surface area contributed by atoms with E-state index in [-0.39, 0.29) is 30.7 Å². The number of ether oxygens (including phenoxy) is 1. The van der Waals surface area contributed by atoms with Gasteiger partial charge in [-0.15, -0.1) is 11.3 Å². The van der Waals surface area contributed by atoms with Gasteiger partial charge >= 0.3 is 12.1 Å². The average Bonchev–Trinajstić information content (AvgIpc) is 3.47. The fourth-order valence-electron chi connectivity index (χ4n) is 4.19. The van der Waals surface area contributed by atoms with E-state index in [9.17, 15) is 19.5 Å². The predicted molar refractivity (Wildman–Crippen MR) is 132 cm³/mol. The van der Waals surface area contributed by atoms with Gasteiger partial charge in [0.15, 0.2) is 0 Å². The van der Waals surface area contributed by atoms with Gasteiger partial charge in [0.2, 0.25) is 0 Å². The van der Waals surface area contributed by atoms with Crippen molar-refractivity contribution >= 4 is 29.3 Å². The van der Waals surface area contributed by atoms with Crippen molar-refractivity contribution in [2.24, 2.45) is 5.92 Å². The standard InChI is InChI=1S/C26H27N3O5S/c1-3-15(2)23(25(31)32)29-24(30)21-14-35-22(28-21)12-27-26(33)34-13-20-18-10-6-4-8-16(18)17-9-5-7-11-19(17)20/h4-11,14-15,20,23H,3,12-13H2,1-2H3,(H,27,33)(H,29,30)(H,31,32). The van der Waals surface area contributed by atoms with Crippen molar-refractivity contribution in [3.8, 4) is 11.1 Å². The van der Waals surface area contributed by atoms with Gasteiger partial charge in [0, 0.05) is 11.3 Å². The zero-order valence-electron chi connectivity index (χ0n) is 19.5. The maximum atomic E-state index is 12.4. The van der Waals surface area contributed by atoms with Gasteiger partial charge < -0.3 is 20.5 Å². The summed E-state index contributed by atoms with van der Waals surface area (Å²) in [6.45, 7) is 3.94. The number of rotatable bonds is 9. The number of amides is 2. The van der Waals surface area contributed by atoms with Crippen LogP contribution in [0.2, 0.25) is 0 Å². The maximum Gasteiger partial charge on any atom is 0.407 e. The number of hydrogen-bond donors (Lipinski definition) is 3. The number of benzene rings is 2. The van der Waals surface area contributed by atoms with Crippen LogP contribution in [0, 0.1) is 5.92 Å². The molecular formula is C26H27N3O5S. The molecule has 0 aliphatic heterocycles. The van der Waals surface area contributed by atoms with Crippen molar-refractivity contribution in [2.75, 3.05) is 6.61 Å². The third-order valence-corrected chi connectivity index (χ3v) is 7.13. The first-order valence-electron chi connectivity index (χ1n) is 11.5. The molecule has 4 rings (SSSR count). The van der Waals surface area contributed by atoms with Crippen molar-refractivity contribution < 1.29 is 24.2 Å². The fraction of sp³-hybridized carbons (Fsp3) is 0.308. The summed E-state index contributed by atoms with van der Waals surface area (Å²) in [6.07, 6.45) is 0.0413. The van der Waals surface area contributed by atoms with E-state index in [1.807, 2.05) is 31.2 Å². The maximum absolute atomic E-state index is 12.4. The molecule has 2 amide bonds. The molecule has 1 aliphatic carbocycles. The summed E-state index contributed by atoms with van der Waals surface area (Å²) in [5.74, 6) is -1.89. The Hall–Kier alpha value is -3.72. The van der Waals surface area contributed by atoms with E-state index in [4.69, 9.17) is 4.74 Å². The van der Waals surface area contributed by atoms with Gasteiger partial charge in [-0.05, 0) is 28.2 Å². The lowest BCUT2D eigenvalue weighted by atomic mass is 9.98. The Labute approximate surface area is 207 Å². The molecule has 9 heteroatoms. The molecule has 182 valence electrons. The summed E-state index contributed by atoms with van der Waals surface area (Å²) in [5.41, 5.74) is 4.70. The highest BCUT2D eigenvalue weighted by molar-refractivity contribution is 7.09. The predicted octanol–water partition coefficient (Wildman–Crippen LogP) is 4.41. The Kier molecular flexibility index (Phi) is 7.45. The highest BCUT2D eigenvalue weighted by Gasteiger charge is 2.29. The van der Waals surface area contributed by atoms with Crippen LogP contribution in [-0.2, 0) is 16.1 Å². The lowest BCUT2D eigenvalue weighted by Gasteiger charge is -2.19. The monoisotopic (exact) mass is 493 g/mol. The van der Waals surface area contributed by atoms with E-state index in [1.165, 1.54) is 11.3 Å². The minimum absolute atomic E-state index is 0.0315. The number of carboxylic acids is 1. The number of carbonyl (C=O) groups excluding carboxylic acids is 2. The highest BCUT2D eigenvalue weighted by atomic mass is 32.1. The van der Waals surface area contributed by atoms with Gasteiger partial charge in [0.25, 0.3) is 5.91 Å². The third kappa shape index (κ3) is 5.35. The van der Waals surface area contributed by atoms with Crippen LogP contribution in [0.1, 0.15) is 52.8 Å². The summed E-state index contributed by atoms with van der Waals surface area (Å²) in [5, 5.41) is 16.6. The summed E-state index contributed by atoms with van der Waals surface area (Å²) in [4.78, 5) is 40.5. The molecule has 2 aromatic carbocycles. The molecule has 0 saturated heterocycles. The first-order chi connectivity index (χ1) is 16.9. The summed E-state index contributed by atoms with van der Waals surface area (Å²) < 4.78 is 5.52. The van der Waals surface area contributed by atoms with E-state index in [0.717, 1.165) is 22.3 Å². The normalized spacial score (nSPS) is 13.9. The molecule has 0 spiro atoms. The number of aromatic nitrogens is 1. The van der Waals surface area contributed by atoms with Crippen LogP contribution < -0.4 is 10.6 Å². The Balaban J connectivity index is 1.31. The van der Waals surface area contributed by atoms with Gasteiger partial charge in [-0.2, -0.15) is 0 Å². The molecule has 1 heterocycles. The minimum Gasteiger partial charge on any atom is -0.480 e. The number of carboxylic acid groups (broad SMARTS) is 1. The van der Waals surface area contributed by atoms with E-state index in [2.05, 4.69) is 39.9 Å². The zero-order chi connectivity index (χ0) is 24.9. The Morgan fingerprint density at radius 1 is 1.09 bits per heavy atom.